The van der Waals surface area contributed by atoms with Crippen LogP contribution in [0.5, 0.6) is 0 Å². The van der Waals surface area contributed by atoms with Crippen LogP contribution in [-0.4, -0.2) is 16.7 Å². The van der Waals surface area contributed by atoms with Gasteiger partial charge in [0.15, 0.2) is 0 Å². The number of nitrogens with zero attached hydrogens (tertiary/aromatic N) is 2. The third-order valence-electron chi connectivity index (χ3n) is 2.96. The first kappa shape index (κ1) is 14.6. The van der Waals surface area contributed by atoms with E-state index in [4.69, 9.17) is 0 Å². The van der Waals surface area contributed by atoms with Crippen LogP contribution in [0.4, 0.5) is 0 Å². The molecule has 0 bridgehead atoms. The smallest absolute Gasteiger partial charge is 0.134 e. The lowest BCUT2D eigenvalue weighted by atomic mass is 9.99. The molecule has 0 saturated carbocycles. The van der Waals surface area contributed by atoms with Crippen molar-refractivity contribution in [1.29, 1.82) is 0 Å². The lowest BCUT2D eigenvalue weighted by Crippen LogP contribution is -2.17. The summed E-state index contributed by atoms with van der Waals surface area (Å²) in [4.78, 5) is 0. The van der Waals surface area contributed by atoms with E-state index in [2.05, 4.69) is 43.2 Å². The molecule has 0 spiro atoms. The van der Waals surface area contributed by atoms with Gasteiger partial charge in [-0.1, -0.05) is 44.9 Å². The first-order chi connectivity index (χ1) is 8.22. The minimum Gasteiger partial charge on any atom is -0.308 e. The number of aromatic nitrogens is 2. The SMILES string of the molecule is CCCC(CCC)c1nnc(C(C)NCC)s1. The predicted molar refractivity (Wildman–Crippen MR) is 74.6 cm³/mol. The highest BCUT2D eigenvalue weighted by molar-refractivity contribution is 7.11. The average Bonchev–Trinajstić information content (AvgIpc) is 2.78. The summed E-state index contributed by atoms with van der Waals surface area (Å²) in [7, 11) is 0. The van der Waals surface area contributed by atoms with E-state index in [1.165, 1.54) is 30.7 Å². The summed E-state index contributed by atoms with van der Waals surface area (Å²) >= 11 is 1.78. The molecule has 1 aromatic heterocycles. The Morgan fingerprint density at radius 1 is 1.06 bits per heavy atom. The molecule has 1 atom stereocenters. The topological polar surface area (TPSA) is 37.8 Å². The second kappa shape index (κ2) is 7.77. The van der Waals surface area contributed by atoms with Crippen molar-refractivity contribution in [2.75, 3.05) is 6.54 Å². The van der Waals surface area contributed by atoms with Crippen molar-refractivity contribution < 1.29 is 0 Å². The molecule has 1 heterocycles. The van der Waals surface area contributed by atoms with Crippen molar-refractivity contribution in [2.24, 2.45) is 0 Å². The molecule has 0 fully saturated rings. The van der Waals surface area contributed by atoms with E-state index in [0.717, 1.165) is 11.6 Å². The van der Waals surface area contributed by atoms with Crippen molar-refractivity contribution in [2.45, 2.75) is 65.3 Å². The molecule has 98 valence electrons. The van der Waals surface area contributed by atoms with Gasteiger partial charge >= 0.3 is 0 Å². The van der Waals surface area contributed by atoms with E-state index in [1.807, 2.05) is 0 Å². The third kappa shape index (κ3) is 4.36. The fourth-order valence-corrected chi connectivity index (χ4v) is 3.11. The minimum atomic E-state index is 0.329. The van der Waals surface area contributed by atoms with E-state index in [9.17, 15) is 0 Å². The van der Waals surface area contributed by atoms with Crippen LogP contribution in [0.25, 0.3) is 0 Å². The number of hydrogen-bond donors (Lipinski definition) is 1. The zero-order valence-corrected chi connectivity index (χ0v) is 12.3. The van der Waals surface area contributed by atoms with Crippen LogP contribution in [0.2, 0.25) is 0 Å². The molecule has 0 aliphatic carbocycles. The quantitative estimate of drug-likeness (QED) is 0.765. The van der Waals surface area contributed by atoms with Crippen molar-refractivity contribution in [1.82, 2.24) is 15.5 Å². The number of rotatable bonds is 8. The Labute approximate surface area is 109 Å². The van der Waals surface area contributed by atoms with Gasteiger partial charge in [0.05, 0.1) is 6.04 Å². The second-order valence-electron chi connectivity index (χ2n) is 4.53. The van der Waals surface area contributed by atoms with Gasteiger partial charge in [0.25, 0.3) is 0 Å². The molecule has 0 radical (unpaired) electrons. The first-order valence-electron chi connectivity index (χ1n) is 6.79. The Kier molecular flexibility index (Phi) is 6.66. The van der Waals surface area contributed by atoms with Gasteiger partial charge in [-0.15, -0.1) is 10.2 Å². The molecule has 17 heavy (non-hydrogen) atoms. The van der Waals surface area contributed by atoms with Crippen LogP contribution in [0, 0.1) is 0 Å². The second-order valence-corrected chi connectivity index (χ2v) is 5.57. The highest BCUT2D eigenvalue weighted by Crippen LogP contribution is 2.30. The number of nitrogens with one attached hydrogen (secondary N) is 1. The van der Waals surface area contributed by atoms with Crippen LogP contribution < -0.4 is 5.32 Å². The Morgan fingerprint density at radius 2 is 1.65 bits per heavy atom. The van der Waals surface area contributed by atoms with Gasteiger partial charge < -0.3 is 5.32 Å². The zero-order valence-electron chi connectivity index (χ0n) is 11.5. The van der Waals surface area contributed by atoms with Crippen LogP contribution >= 0.6 is 11.3 Å². The maximum Gasteiger partial charge on any atom is 0.134 e. The molecular formula is C13H25N3S. The van der Waals surface area contributed by atoms with Crippen molar-refractivity contribution in [3.05, 3.63) is 10.0 Å². The Hall–Kier alpha value is -0.480. The summed E-state index contributed by atoms with van der Waals surface area (Å²) < 4.78 is 0. The van der Waals surface area contributed by atoms with Gasteiger partial charge in [0, 0.05) is 5.92 Å². The molecule has 3 nitrogen and oxygen atoms in total. The molecule has 1 rings (SSSR count). The fraction of sp³-hybridized carbons (Fsp3) is 0.846. The summed E-state index contributed by atoms with van der Waals surface area (Å²) in [6.07, 6.45) is 4.92. The van der Waals surface area contributed by atoms with E-state index in [1.54, 1.807) is 11.3 Å². The third-order valence-corrected chi connectivity index (χ3v) is 4.23. The van der Waals surface area contributed by atoms with Gasteiger partial charge in [-0.2, -0.15) is 0 Å². The summed E-state index contributed by atoms with van der Waals surface area (Å²) in [5, 5.41) is 14.5. The molecular weight excluding hydrogens is 230 g/mol. The zero-order chi connectivity index (χ0) is 12.7. The van der Waals surface area contributed by atoms with Gasteiger partial charge in [0.1, 0.15) is 10.0 Å². The normalized spacial score (nSPS) is 13.2. The molecule has 4 heteroatoms. The van der Waals surface area contributed by atoms with Crippen molar-refractivity contribution in [3.63, 3.8) is 0 Å². The Bertz CT molecular complexity index is 305. The molecule has 0 saturated heterocycles. The summed E-state index contributed by atoms with van der Waals surface area (Å²) in [6, 6.07) is 0.329. The van der Waals surface area contributed by atoms with Crippen molar-refractivity contribution in [3.8, 4) is 0 Å². The predicted octanol–water partition coefficient (Wildman–Crippen LogP) is 3.89. The van der Waals surface area contributed by atoms with Crippen LogP contribution in [0.15, 0.2) is 0 Å². The van der Waals surface area contributed by atoms with Gasteiger partial charge in [-0.25, -0.2) is 0 Å². The molecule has 1 N–H and O–H groups in total. The monoisotopic (exact) mass is 255 g/mol. The average molecular weight is 255 g/mol. The van der Waals surface area contributed by atoms with E-state index in [-0.39, 0.29) is 0 Å². The van der Waals surface area contributed by atoms with E-state index >= 15 is 0 Å². The lowest BCUT2D eigenvalue weighted by molar-refractivity contribution is 0.552. The van der Waals surface area contributed by atoms with Gasteiger partial charge in [-0.3, -0.25) is 0 Å². The van der Waals surface area contributed by atoms with Crippen molar-refractivity contribution >= 4 is 11.3 Å². The summed E-state index contributed by atoms with van der Waals surface area (Å²) in [6.45, 7) is 9.74. The summed E-state index contributed by atoms with van der Waals surface area (Å²) in [5.74, 6) is 0.616. The molecule has 1 aromatic rings. The molecule has 0 aliphatic heterocycles. The number of hydrogen-bond acceptors (Lipinski definition) is 4. The lowest BCUT2D eigenvalue weighted by Gasteiger charge is -2.11. The summed E-state index contributed by atoms with van der Waals surface area (Å²) in [5.41, 5.74) is 0. The standard InChI is InChI=1S/C13H25N3S/c1-5-8-11(9-6-2)13-16-15-12(17-13)10(4)14-7-3/h10-11,14H,5-9H2,1-4H3. The Morgan fingerprint density at radius 3 is 2.18 bits per heavy atom. The minimum absolute atomic E-state index is 0.329. The molecule has 1 unspecified atom stereocenters. The van der Waals surface area contributed by atoms with E-state index < -0.39 is 0 Å². The largest absolute Gasteiger partial charge is 0.308 e. The Balaban J connectivity index is 2.69. The maximum absolute atomic E-state index is 4.39. The van der Waals surface area contributed by atoms with Gasteiger partial charge in [0.2, 0.25) is 0 Å². The first-order valence-corrected chi connectivity index (χ1v) is 7.61. The molecule has 0 aromatic carbocycles. The van der Waals surface area contributed by atoms with Gasteiger partial charge in [-0.05, 0) is 26.3 Å². The van der Waals surface area contributed by atoms with Crippen LogP contribution in [0.1, 0.15) is 75.4 Å². The van der Waals surface area contributed by atoms with Crippen LogP contribution in [0.3, 0.4) is 0 Å². The molecule has 0 amide bonds. The fourth-order valence-electron chi connectivity index (χ4n) is 2.07. The molecule has 0 aliphatic rings. The van der Waals surface area contributed by atoms with Crippen LogP contribution in [-0.2, 0) is 0 Å². The van der Waals surface area contributed by atoms with E-state index in [0.29, 0.717) is 12.0 Å². The highest BCUT2D eigenvalue weighted by atomic mass is 32.1. The maximum atomic E-state index is 4.39. The highest BCUT2D eigenvalue weighted by Gasteiger charge is 2.17.